The number of carbonyl (C=O) groups excluding carboxylic acids is 1. The summed E-state index contributed by atoms with van der Waals surface area (Å²) in [5, 5.41) is 0. The first kappa shape index (κ1) is 14.6. The maximum atomic E-state index is 12.4. The van der Waals surface area contributed by atoms with Gasteiger partial charge in [-0.25, -0.2) is 0 Å². The van der Waals surface area contributed by atoms with Gasteiger partial charge in [-0.1, -0.05) is 25.2 Å². The van der Waals surface area contributed by atoms with E-state index in [1.54, 1.807) is 0 Å². The van der Waals surface area contributed by atoms with Crippen molar-refractivity contribution in [3.63, 3.8) is 0 Å². The third kappa shape index (κ3) is 2.48. The first-order valence-corrected chi connectivity index (χ1v) is 7.68. The third-order valence-corrected chi connectivity index (χ3v) is 3.96. The minimum atomic E-state index is -1.17. The van der Waals surface area contributed by atoms with Gasteiger partial charge in [-0.2, -0.15) is 0 Å². The van der Waals surface area contributed by atoms with Crippen molar-refractivity contribution in [2.75, 3.05) is 39.5 Å². The van der Waals surface area contributed by atoms with Crippen molar-refractivity contribution in [2.45, 2.75) is 32.0 Å². The predicted octanol–water partition coefficient (Wildman–Crippen LogP) is 1.09. The molecule has 0 unspecified atom stereocenters. The van der Waals surface area contributed by atoms with E-state index in [0.29, 0.717) is 32.0 Å². The Kier molecular flexibility index (Phi) is 4.29. The lowest BCUT2D eigenvalue weighted by molar-refractivity contribution is -0.179. The van der Waals surface area contributed by atoms with Crippen molar-refractivity contribution in [3.8, 4) is 11.8 Å². The molecule has 0 saturated carbocycles. The zero-order valence-corrected chi connectivity index (χ0v) is 12.4. The van der Waals surface area contributed by atoms with Crippen LogP contribution in [0.1, 0.15) is 26.2 Å². The van der Waals surface area contributed by atoms with Gasteiger partial charge in [0.25, 0.3) is 5.79 Å². The predicted molar refractivity (Wildman–Crippen MR) is 76.4 cm³/mol. The molecule has 3 aliphatic rings. The number of morpholine rings is 1. The van der Waals surface area contributed by atoms with Crippen LogP contribution < -0.4 is 0 Å². The second-order valence-corrected chi connectivity index (χ2v) is 5.37. The highest BCUT2D eigenvalue weighted by Gasteiger charge is 2.60. The van der Waals surface area contributed by atoms with Crippen molar-refractivity contribution >= 4 is 5.78 Å². The van der Waals surface area contributed by atoms with Gasteiger partial charge in [0.15, 0.2) is 0 Å². The lowest BCUT2D eigenvalue weighted by atomic mass is 9.84. The minimum Gasteiger partial charge on any atom is -0.378 e. The standard InChI is InChI=1S/C16H21NO4/c1-2-3-4-5-6-13-14(17-7-9-19-10-8-17)16(15(13)18)20-11-12-21-16/h2-4,7-12H2,1H3. The van der Waals surface area contributed by atoms with E-state index in [1.807, 2.05) is 0 Å². The third-order valence-electron chi connectivity index (χ3n) is 3.96. The average Bonchev–Trinajstić information content (AvgIpc) is 3.03. The zero-order valence-electron chi connectivity index (χ0n) is 12.4. The highest BCUT2D eigenvalue weighted by molar-refractivity contribution is 6.14. The SMILES string of the molecule is CCCCC#CC1=C(N2CCOCC2)C2(OCCO2)C1=O. The topological polar surface area (TPSA) is 48.0 Å². The molecule has 0 aromatic rings. The highest BCUT2D eigenvalue weighted by atomic mass is 16.7. The Balaban J connectivity index is 1.86. The largest absolute Gasteiger partial charge is 0.378 e. The summed E-state index contributed by atoms with van der Waals surface area (Å²) in [6, 6.07) is 0. The molecule has 3 rings (SSSR count). The summed E-state index contributed by atoms with van der Waals surface area (Å²) in [7, 11) is 0. The van der Waals surface area contributed by atoms with Gasteiger partial charge in [-0.3, -0.25) is 4.79 Å². The van der Waals surface area contributed by atoms with Crippen LogP contribution in [0.25, 0.3) is 0 Å². The van der Waals surface area contributed by atoms with Crippen LogP contribution in [0.3, 0.4) is 0 Å². The molecule has 0 bridgehead atoms. The minimum absolute atomic E-state index is 0.120. The van der Waals surface area contributed by atoms with Crippen LogP contribution >= 0.6 is 0 Å². The van der Waals surface area contributed by atoms with Crippen LogP contribution in [0.2, 0.25) is 0 Å². The number of hydrogen-bond acceptors (Lipinski definition) is 5. The molecule has 21 heavy (non-hydrogen) atoms. The van der Waals surface area contributed by atoms with Crippen LogP contribution in [0.4, 0.5) is 0 Å². The zero-order chi connectivity index (χ0) is 14.7. The summed E-state index contributed by atoms with van der Waals surface area (Å²) in [4.78, 5) is 14.6. The van der Waals surface area contributed by atoms with E-state index < -0.39 is 5.79 Å². The Morgan fingerprint density at radius 2 is 1.90 bits per heavy atom. The van der Waals surface area contributed by atoms with Gasteiger partial charge >= 0.3 is 0 Å². The highest BCUT2D eigenvalue weighted by Crippen LogP contribution is 2.43. The fourth-order valence-corrected chi connectivity index (χ4v) is 2.85. The number of carbonyl (C=O) groups is 1. The molecule has 0 N–H and O–H groups in total. The molecule has 114 valence electrons. The molecule has 0 amide bonds. The smallest absolute Gasteiger partial charge is 0.278 e. The first-order chi connectivity index (χ1) is 10.3. The quantitative estimate of drug-likeness (QED) is 0.575. The van der Waals surface area contributed by atoms with E-state index in [2.05, 4.69) is 23.7 Å². The Morgan fingerprint density at radius 1 is 1.19 bits per heavy atom. The fraction of sp³-hybridized carbons (Fsp3) is 0.688. The Hall–Kier alpha value is -1.35. The van der Waals surface area contributed by atoms with Crippen LogP contribution in [0, 0.1) is 11.8 Å². The normalized spacial score (nSPS) is 24.0. The fourth-order valence-electron chi connectivity index (χ4n) is 2.85. The van der Waals surface area contributed by atoms with Gasteiger partial charge in [-0.05, 0) is 6.42 Å². The van der Waals surface area contributed by atoms with Crippen molar-refractivity contribution < 1.29 is 19.0 Å². The number of Topliss-reactive ketones (excluding diaryl/α,β-unsaturated/α-hetero) is 1. The molecule has 0 aromatic heterocycles. The molecule has 5 nitrogen and oxygen atoms in total. The van der Waals surface area contributed by atoms with E-state index >= 15 is 0 Å². The number of ether oxygens (including phenoxy) is 3. The molecule has 2 saturated heterocycles. The first-order valence-electron chi connectivity index (χ1n) is 7.68. The van der Waals surface area contributed by atoms with E-state index in [-0.39, 0.29) is 5.78 Å². The summed E-state index contributed by atoms with van der Waals surface area (Å²) in [5.74, 6) is 4.84. The van der Waals surface area contributed by atoms with Crippen molar-refractivity contribution in [2.24, 2.45) is 0 Å². The lowest BCUT2D eigenvalue weighted by Crippen LogP contribution is -2.58. The molecule has 0 atom stereocenters. The van der Waals surface area contributed by atoms with Gasteiger partial charge in [0.2, 0.25) is 5.78 Å². The number of nitrogens with zero attached hydrogens (tertiary/aromatic N) is 1. The van der Waals surface area contributed by atoms with Crippen LogP contribution in [-0.2, 0) is 19.0 Å². The Labute approximate surface area is 125 Å². The van der Waals surface area contributed by atoms with E-state index in [0.717, 1.165) is 38.0 Å². The second kappa shape index (κ2) is 6.18. The molecule has 2 aliphatic heterocycles. The number of unbranched alkanes of at least 4 members (excludes halogenated alkanes) is 2. The number of hydrogen-bond donors (Lipinski definition) is 0. The van der Waals surface area contributed by atoms with Crippen molar-refractivity contribution in [1.82, 2.24) is 4.90 Å². The summed E-state index contributed by atoms with van der Waals surface area (Å²) < 4.78 is 16.6. The second-order valence-electron chi connectivity index (χ2n) is 5.37. The summed E-state index contributed by atoms with van der Waals surface area (Å²) in [6.07, 6.45) is 2.98. The number of rotatable bonds is 3. The summed E-state index contributed by atoms with van der Waals surface area (Å²) in [5.41, 5.74) is 1.38. The van der Waals surface area contributed by atoms with Crippen molar-refractivity contribution in [3.05, 3.63) is 11.3 Å². The summed E-state index contributed by atoms with van der Waals surface area (Å²) >= 11 is 0. The van der Waals surface area contributed by atoms with Gasteiger partial charge in [-0.15, -0.1) is 0 Å². The number of ketones is 1. The van der Waals surface area contributed by atoms with Crippen LogP contribution in [-0.4, -0.2) is 56.0 Å². The van der Waals surface area contributed by atoms with Gasteiger partial charge in [0.1, 0.15) is 5.70 Å². The molecular formula is C16H21NO4. The van der Waals surface area contributed by atoms with E-state index in [1.165, 1.54) is 0 Å². The maximum absolute atomic E-state index is 12.4. The molecule has 0 radical (unpaired) electrons. The van der Waals surface area contributed by atoms with Crippen LogP contribution in [0.5, 0.6) is 0 Å². The molecule has 2 heterocycles. The Bertz CT molecular complexity index is 502. The van der Waals surface area contributed by atoms with Crippen molar-refractivity contribution in [1.29, 1.82) is 0 Å². The van der Waals surface area contributed by atoms with E-state index in [4.69, 9.17) is 14.2 Å². The van der Waals surface area contributed by atoms with Gasteiger partial charge in [0, 0.05) is 19.5 Å². The van der Waals surface area contributed by atoms with E-state index in [9.17, 15) is 4.79 Å². The Morgan fingerprint density at radius 3 is 2.57 bits per heavy atom. The molecule has 0 aromatic carbocycles. The lowest BCUT2D eigenvalue weighted by Gasteiger charge is -2.44. The maximum Gasteiger partial charge on any atom is 0.278 e. The van der Waals surface area contributed by atoms with Gasteiger partial charge < -0.3 is 19.1 Å². The summed E-state index contributed by atoms with van der Waals surface area (Å²) in [6.45, 7) is 5.85. The van der Waals surface area contributed by atoms with Crippen LogP contribution in [0.15, 0.2) is 11.3 Å². The average molecular weight is 291 g/mol. The molecular weight excluding hydrogens is 270 g/mol. The van der Waals surface area contributed by atoms with Gasteiger partial charge in [0.05, 0.1) is 32.0 Å². The molecule has 2 fully saturated rings. The molecule has 1 aliphatic carbocycles. The monoisotopic (exact) mass is 291 g/mol. The molecule has 5 heteroatoms. The molecule has 1 spiro atoms.